The number of anilines is 1. The second-order valence-corrected chi connectivity index (χ2v) is 13.0. The Morgan fingerprint density at radius 1 is 1.07 bits per heavy atom. The number of nitrogens with zero attached hydrogens (tertiary/aromatic N) is 5. The lowest BCUT2D eigenvalue weighted by Gasteiger charge is -2.63. The van der Waals surface area contributed by atoms with Gasteiger partial charge in [0.2, 0.25) is 5.95 Å². The lowest BCUT2D eigenvalue weighted by molar-refractivity contribution is -0.164. The number of carbonyl (C=O) groups excluding carboxylic acids is 1. The number of piperidine rings is 2. The maximum absolute atomic E-state index is 13.2. The summed E-state index contributed by atoms with van der Waals surface area (Å²) in [6.45, 7) is 12.0. The molecule has 2 saturated heterocycles. The molecule has 3 heterocycles. The molecule has 1 amide bonds. The largest absolute Gasteiger partial charge is 0.489 e. The molecule has 1 aliphatic carbocycles. The molecular weight excluding hydrogens is 528 g/mol. The van der Waals surface area contributed by atoms with Gasteiger partial charge >= 0.3 is 0 Å². The molecule has 0 atom stereocenters. The third-order valence-electron chi connectivity index (χ3n) is 9.09. The number of likely N-dealkylation sites (tertiary alicyclic amines) is 1. The van der Waals surface area contributed by atoms with Gasteiger partial charge in [0, 0.05) is 67.6 Å². The Balaban J connectivity index is 1.16. The highest BCUT2D eigenvalue weighted by Crippen LogP contribution is 2.55. The Morgan fingerprint density at radius 3 is 2.27 bits per heavy atom. The molecule has 2 N–H and O–H groups in total. The second kappa shape index (κ2) is 11.2. The molecule has 1 aromatic heterocycles. The predicted octanol–water partition coefficient (Wildman–Crippen LogP) is 4.04. The van der Waals surface area contributed by atoms with Crippen molar-refractivity contribution < 1.29 is 14.6 Å². The number of amides is 1. The number of hydrogen-bond donors (Lipinski definition) is 2. The molecule has 0 unspecified atom stereocenters. The first-order valence-corrected chi connectivity index (χ1v) is 14.5. The van der Waals surface area contributed by atoms with Crippen molar-refractivity contribution in [1.82, 2.24) is 20.2 Å². The molecule has 3 aliphatic rings. The Morgan fingerprint density at radius 2 is 1.70 bits per heavy atom. The molecule has 0 bridgehead atoms. The number of halogens is 1. The van der Waals surface area contributed by atoms with Crippen LogP contribution in [0.15, 0.2) is 30.6 Å². The van der Waals surface area contributed by atoms with Crippen LogP contribution in [0, 0.1) is 22.2 Å². The van der Waals surface area contributed by atoms with Crippen molar-refractivity contribution in [3.63, 3.8) is 0 Å². The summed E-state index contributed by atoms with van der Waals surface area (Å²) >= 11 is 6.20. The molecule has 10 heteroatoms. The zero-order valence-corrected chi connectivity index (χ0v) is 24.5. The minimum Gasteiger partial charge on any atom is -0.489 e. The molecule has 3 fully saturated rings. The number of hydrogen-bond acceptors (Lipinski definition) is 8. The molecule has 214 valence electrons. The first kappa shape index (κ1) is 28.6. The Bertz CT molecular complexity index is 1250. The Labute approximate surface area is 241 Å². The Kier molecular flexibility index (Phi) is 7.97. The van der Waals surface area contributed by atoms with Crippen LogP contribution in [0.25, 0.3) is 0 Å². The summed E-state index contributed by atoms with van der Waals surface area (Å²) in [6.07, 6.45) is 6.72. The third-order valence-corrected chi connectivity index (χ3v) is 9.41. The van der Waals surface area contributed by atoms with Crippen molar-refractivity contribution in [3.8, 4) is 11.8 Å². The van der Waals surface area contributed by atoms with Crippen molar-refractivity contribution in [2.24, 2.45) is 10.8 Å². The molecule has 2 aliphatic heterocycles. The summed E-state index contributed by atoms with van der Waals surface area (Å²) in [5.74, 6) is 1.05. The fourth-order valence-electron chi connectivity index (χ4n) is 7.09. The first-order chi connectivity index (χ1) is 19.0. The average molecular weight is 567 g/mol. The second-order valence-electron chi connectivity index (χ2n) is 12.6. The van der Waals surface area contributed by atoms with Gasteiger partial charge in [-0.1, -0.05) is 39.3 Å². The summed E-state index contributed by atoms with van der Waals surface area (Å²) in [5, 5.41) is 22.5. The summed E-state index contributed by atoms with van der Waals surface area (Å²) < 4.78 is 6.32. The monoisotopic (exact) mass is 566 g/mol. The van der Waals surface area contributed by atoms with E-state index in [-0.39, 0.29) is 35.0 Å². The van der Waals surface area contributed by atoms with Gasteiger partial charge in [0.15, 0.2) is 0 Å². The molecular formula is C30H39ClN6O3. The number of ether oxygens (including phenoxy) is 1. The number of nitrogens with one attached hydrogen (secondary N) is 1. The zero-order valence-electron chi connectivity index (χ0n) is 23.7. The highest BCUT2D eigenvalue weighted by molar-refractivity contribution is 6.31. The maximum Gasteiger partial charge on any atom is 0.254 e. The number of carbonyl (C=O) groups is 1. The van der Waals surface area contributed by atoms with E-state index in [1.54, 1.807) is 30.6 Å². The number of aliphatic hydroxyl groups excluding tert-OH is 1. The maximum atomic E-state index is 13.2. The van der Waals surface area contributed by atoms with E-state index in [0.29, 0.717) is 33.9 Å². The van der Waals surface area contributed by atoms with Crippen LogP contribution in [0.2, 0.25) is 5.02 Å². The molecule has 0 radical (unpaired) electrons. The highest BCUT2D eigenvalue weighted by Gasteiger charge is 2.64. The Hall–Kier alpha value is -2.93. The van der Waals surface area contributed by atoms with Gasteiger partial charge in [-0.3, -0.25) is 4.79 Å². The van der Waals surface area contributed by atoms with E-state index in [1.807, 2.05) is 0 Å². The van der Waals surface area contributed by atoms with Gasteiger partial charge in [0.25, 0.3) is 5.91 Å². The minimum atomic E-state index is -0.350. The van der Waals surface area contributed by atoms with Crippen molar-refractivity contribution >= 4 is 23.5 Å². The van der Waals surface area contributed by atoms with Crippen LogP contribution in [0.4, 0.5) is 5.95 Å². The van der Waals surface area contributed by atoms with Gasteiger partial charge in [0.1, 0.15) is 17.9 Å². The smallest absolute Gasteiger partial charge is 0.254 e. The van der Waals surface area contributed by atoms with E-state index in [4.69, 9.17) is 21.6 Å². The van der Waals surface area contributed by atoms with Crippen molar-refractivity contribution in [3.05, 3.63) is 46.7 Å². The van der Waals surface area contributed by atoms with Crippen LogP contribution in [-0.4, -0.2) is 76.4 Å². The van der Waals surface area contributed by atoms with Crippen molar-refractivity contribution in [1.29, 1.82) is 5.26 Å². The topological polar surface area (TPSA) is 115 Å². The van der Waals surface area contributed by atoms with E-state index in [2.05, 4.69) is 58.8 Å². The summed E-state index contributed by atoms with van der Waals surface area (Å²) in [6, 6.07) is 7.54. The van der Waals surface area contributed by atoms with Crippen LogP contribution >= 0.6 is 11.6 Å². The minimum absolute atomic E-state index is 0.138. The van der Waals surface area contributed by atoms with Crippen LogP contribution in [0.3, 0.4) is 0 Å². The molecule has 5 rings (SSSR count). The third kappa shape index (κ3) is 5.50. The van der Waals surface area contributed by atoms with Crippen LogP contribution in [-0.2, 0) is 0 Å². The van der Waals surface area contributed by atoms with Crippen LogP contribution < -0.4 is 15.0 Å². The summed E-state index contributed by atoms with van der Waals surface area (Å²) in [4.78, 5) is 27.0. The average Bonchev–Trinajstić information content (AvgIpc) is 2.95. The van der Waals surface area contributed by atoms with Gasteiger partial charge in [-0.15, -0.1) is 0 Å². The van der Waals surface area contributed by atoms with E-state index in [1.165, 1.54) is 0 Å². The molecule has 1 saturated carbocycles. The summed E-state index contributed by atoms with van der Waals surface area (Å²) in [7, 11) is 0. The number of aliphatic hydroxyl groups is 1. The standard InChI is InChI=1S/C30H39ClN6O3/c1-29(2)26(30(3,4)27(29)40-23-6-5-19(16-32)24(31)15-23)35-25(39)20-17-33-28(34-18-20)37-11-7-21(8-12-37)36-13-9-22(38)10-14-36/h5-6,15,17-18,21-22,26-27,38H,7-14H2,1-4H3,(H,35,39). The lowest BCUT2D eigenvalue weighted by Crippen LogP contribution is -2.74. The molecule has 0 spiro atoms. The normalized spacial score (nSPS) is 25.1. The fourth-order valence-corrected chi connectivity index (χ4v) is 7.31. The van der Waals surface area contributed by atoms with Gasteiger partial charge in [0.05, 0.1) is 22.3 Å². The molecule has 9 nitrogen and oxygen atoms in total. The van der Waals surface area contributed by atoms with Gasteiger partial charge in [-0.05, 0) is 37.8 Å². The SMILES string of the molecule is CC1(C)C(NC(=O)c2cnc(N3CCC(N4CCC(O)CC4)CC3)nc2)C(C)(C)C1Oc1ccc(C#N)c(Cl)c1. The van der Waals surface area contributed by atoms with E-state index in [0.717, 1.165) is 51.9 Å². The zero-order chi connectivity index (χ0) is 28.7. The number of rotatable bonds is 6. The molecule has 40 heavy (non-hydrogen) atoms. The lowest BCUT2D eigenvalue weighted by atomic mass is 9.49. The quantitative estimate of drug-likeness (QED) is 0.538. The van der Waals surface area contributed by atoms with Crippen molar-refractivity contribution in [2.45, 2.75) is 77.7 Å². The van der Waals surface area contributed by atoms with E-state index >= 15 is 0 Å². The fraction of sp³-hybridized carbons (Fsp3) is 0.600. The van der Waals surface area contributed by atoms with Crippen LogP contribution in [0.1, 0.15) is 69.3 Å². The van der Waals surface area contributed by atoms with Crippen LogP contribution in [0.5, 0.6) is 5.75 Å². The van der Waals surface area contributed by atoms with E-state index in [9.17, 15) is 9.90 Å². The highest BCUT2D eigenvalue weighted by atomic mass is 35.5. The van der Waals surface area contributed by atoms with Gasteiger partial charge in [-0.25, -0.2) is 9.97 Å². The first-order valence-electron chi connectivity index (χ1n) is 14.2. The molecule has 2 aromatic rings. The number of benzene rings is 1. The molecule has 1 aromatic carbocycles. The van der Waals surface area contributed by atoms with Gasteiger partial charge in [-0.2, -0.15) is 5.26 Å². The summed E-state index contributed by atoms with van der Waals surface area (Å²) in [5.41, 5.74) is 0.136. The number of nitriles is 1. The van der Waals surface area contributed by atoms with E-state index < -0.39 is 0 Å². The van der Waals surface area contributed by atoms with Gasteiger partial charge < -0.3 is 25.0 Å². The van der Waals surface area contributed by atoms with Crippen molar-refractivity contribution in [2.75, 3.05) is 31.1 Å². The number of aromatic nitrogens is 2. The predicted molar refractivity (Wildman–Crippen MR) is 153 cm³/mol.